The Hall–Kier alpha value is -2.07. The predicted octanol–water partition coefficient (Wildman–Crippen LogP) is -0.293. The van der Waals surface area contributed by atoms with Crippen molar-refractivity contribution >= 4 is 11.6 Å². The summed E-state index contributed by atoms with van der Waals surface area (Å²) >= 11 is 0. The zero-order valence-electron chi connectivity index (χ0n) is 8.85. The van der Waals surface area contributed by atoms with Crippen molar-refractivity contribution in [2.24, 2.45) is 0 Å². The molecule has 1 unspecified atom stereocenters. The van der Waals surface area contributed by atoms with Crippen molar-refractivity contribution in [3.8, 4) is 0 Å². The van der Waals surface area contributed by atoms with Crippen molar-refractivity contribution in [2.75, 3.05) is 13.7 Å². The summed E-state index contributed by atoms with van der Waals surface area (Å²) in [7, 11) is 1.36. The van der Waals surface area contributed by atoms with Gasteiger partial charge < -0.3 is 30.1 Å². The highest BCUT2D eigenvalue weighted by Crippen LogP contribution is 2.24. The van der Waals surface area contributed by atoms with Gasteiger partial charge in [-0.15, -0.1) is 0 Å². The highest BCUT2D eigenvalue weighted by atomic mass is 16.6. The van der Waals surface area contributed by atoms with Gasteiger partial charge in [0.15, 0.2) is 0 Å². The summed E-state index contributed by atoms with van der Waals surface area (Å²) in [6.45, 7) is -0.242. The van der Waals surface area contributed by atoms with Crippen molar-refractivity contribution in [1.29, 1.82) is 0 Å². The molecule has 17 heavy (non-hydrogen) atoms. The van der Waals surface area contributed by atoms with E-state index in [1.807, 2.05) is 0 Å². The number of ether oxygens (including phenoxy) is 1. The van der Waals surface area contributed by atoms with E-state index in [2.05, 4.69) is 9.72 Å². The molecule has 0 saturated carbocycles. The fraction of sp³-hybridized carbons (Fsp3) is 0.571. The summed E-state index contributed by atoms with van der Waals surface area (Å²) in [5.74, 6) is -1.61. The Morgan fingerprint density at radius 3 is 2.65 bits per heavy atom. The van der Waals surface area contributed by atoms with Gasteiger partial charge in [0.1, 0.15) is 12.6 Å². The Morgan fingerprint density at radius 1 is 1.53 bits per heavy atom. The smallest absolute Gasteiger partial charge is 0.387 e. The summed E-state index contributed by atoms with van der Waals surface area (Å²) < 4.78 is 5.55. The van der Waals surface area contributed by atoms with Crippen LogP contribution in [0.15, 0.2) is 6.33 Å². The Kier molecular flexibility index (Phi) is 4.06. The first-order valence-corrected chi connectivity index (χ1v) is 4.48. The summed E-state index contributed by atoms with van der Waals surface area (Å²) in [5.41, 5.74) is 0. The molecule has 94 valence electrons. The number of hydrogen-bond donors (Lipinski definition) is 1. The monoisotopic (exact) mass is 246 g/mol. The number of methoxy groups -OCH3 is 1. The minimum Gasteiger partial charge on any atom is -0.387 e. The number of hydrogen-bond acceptors (Lipinski definition) is 7. The van der Waals surface area contributed by atoms with Gasteiger partial charge >= 0.3 is 11.6 Å². The third-order valence-corrected chi connectivity index (χ3v) is 1.90. The van der Waals surface area contributed by atoms with Crippen molar-refractivity contribution < 1.29 is 19.7 Å². The van der Waals surface area contributed by atoms with E-state index in [-0.39, 0.29) is 13.2 Å². The fourth-order valence-corrected chi connectivity index (χ4v) is 1.29. The van der Waals surface area contributed by atoms with Crippen molar-refractivity contribution in [2.45, 2.75) is 12.6 Å². The standard InChI is InChI=1S/C7H10N4O6/c1-17-3-5(12)2-9-4-8-6(10(13)14)7(9)11(15)16/h4-5,12H,2-3H2,1H3. The van der Waals surface area contributed by atoms with Crippen LogP contribution in [0, 0.1) is 20.2 Å². The molecule has 0 aromatic carbocycles. The van der Waals surface area contributed by atoms with Gasteiger partial charge in [0.05, 0.1) is 6.61 Å². The third-order valence-electron chi connectivity index (χ3n) is 1.90. The lowest BCUT2D eigenvalue weighted by Crippen LogP contribution is -2.21. The first kappa shape index (κ1) is 13.0. The summed E-state index contributed by atoms with van der Waals surface area (Å²) in [6, 6.07) is 0. The average Bonchev–Trinajstić information content (AvgIpc) is 2.61. The molecule has 0 aliphatic rings. The number of aromatic nitrogens is 2. The van der Waals surface area contributed by atoms with Gasteiger partial charge in [0.25, 0.3) is 6.33 Å². The van der Waals surface area contributed by atoms with Crippen molar-refractivity contribution in [3.63, 3.8) is 0 Å². The molecule has 0 aliphatic heterocycles. The normalized spacial score (nSPS) is 12.4. The van der Waals surface area contributed by atoms with Crippen LogP contribution in [-0.4, -0.2) is 44.3 Å². The lowest BCUT2D eigenvalue weighted by Gasteiger charge is -2.06. The molecule has 0 saturated heterocycles. The van der Waals surface area contributed by atoms with Gasteiger partial charge in [-0.25, -0.2) is 0 Å². The molecule has 0 fully saturated rings. The van der Waals surface area contributed by atoms with Crippen LogP contribution >= 0.6 is 0 Å². The summed E-state index contributed by atoms with van der Waals surface area (Å²) in [5, 5.41) is 30.6. The number of rotatable bonds is 6. The van der Waals surface area contributed by atoms with Crippen LogP contribution in [0.4, 0.5) is 11.6 Å². The van der Waals surface area contributed by atoms with Gasteiger partial charge in [-0.3, -0.25) is 0 Å². The van der Waals surface area contributed by atoms with E-state index < -0.39 is 27.6 Å². The Balaban J connectivity index is 3.00. The molecule has 1 aromatic heterocycles. The van der Waals surface area contributed by atoms with Gasteiger partial charge in [-0.1, -0.05) is 0 Å². The van der Waals surface area contributed by atoms with Crippen LogP contribution in [0.5, 0.6) is 0 Å². The topological polar surface area (TPSA) is 134 Å². The van der Waals surface area contributed by atoms with Crippen molar-refractivity contribution in [3.05, 3.63) is 26.6 Å². The predicted molar refractivity (Wildman–Crippen MR) is 53.4 cm³/mol. The zero-order chi connectivity index (χ0) is 13.0. The van der Waals surface area contributed by atoms with E-state index in [9.17, 15) is 25.3 Å². The summed E-state index contributed by atoms with van der Waals surface area (Å²) in [6.07, 6.45) is -0.0673. The van der Waals surface area contributed by atoms with Gasteiger partial charge in [-0.05, 0) is 9.85 Å². The van der Waals surface area contributed by atoms with E-state index in [0.29, 0.717) is 0 Å². The molecule has 0 amide bonds. The Labute approximate surface area is 94.7 Å². The quantitative estimate of drug-likeness (QED) is 0.538. The summed E-state index contributed by atoms with van der Waals surface area (Å²) in [4.78, 5) is 22.6. The number of aliphatic hydroxyl groups excluding tert-OH is 1. The van der Waals surface area contributed by atoms with Crippen molar-refractivity contribution in [1.82, 2.24) is 9.55 Å². The molecule has 1 atom stereocenters. The molecular formula is C7H10N4O6. The van der Waals surface area contributed by atoms with Crippen LogP contribution in [0.2, 0.25) is 0 Å². The second-order valence-corrected chi connectivity index (χ2v) is 3.17. The fourth-order valence-electron chi connectivity index (χ4n) is 1.29. The molecule has 1 rings (SSSR count). The highest BCUT2D eigenvalue weighted by molar-refractivity contribution is 5.40. The lowest BCUT2D eigenvalue weighted by molar-refractivity contribution is -0.428. The maximum absolute atomic E-state index is 10.7. The largest absolute Gasteiger partial charge is 0.462 e. The zero-order valence-corrected chi connectivity index (χ0v) is 8.85. The molecule has 1 heterocycles. The number of nitro groups is 2. The molecule has 1 aromatic rings. The SMILES string of the molecule is COCC(O)Cn1cnc([N+](=O)[O-])c1[N+](=O)[O-]. The van der Waals surface area contributed by atoms with Crippen LogP contribution < -0.4 is 0 Å². The van der Waals surface area contributed by atoms with E-state index in [4.69, 9.17) is 0 Å². The van der Waals surface area contributed by atoms with E-state index in [1.165, 1.54) is 7.11 Å². The first-order valence-electron chi connectivity index (χ1n) is 4.48. The van der Waals surface area contributed by atoms with Gasteiger partial charge in [0.2, 0.25) is 0 Å². The van der Waals surface area contributed by atoms with Crippen LogP contribution in [0.3, 0.4) is 0 Å². The van der Waals surface area contributed by atoms with E-state index >= 15 is 0 Å². The van der Waals surface area contributed by atoms with Crippen LogP contribution in [0.1, 0.15) is 0 Å². The maximum atomic E-state index is 10.7. The molecule has 10 heteroatoms. The maximum Gasteiger partial charge on any atom is 0.462 e. The van der Waals surface area contributed by atoms with Gasteiger partial charge in [0, 0.05) is 12.1 Å². The molecule has 0 aliphatic carbocycles. The molecular weight excluding hydrogens is 236 g/mol. The number of aliphatic hydroxyl groups is 1. The Morgan fingerprint density at radius 2 is 2.18 bits per heavy atom. The average molecular weight is 246 g/mol. The molecule has 0 bridgehead atoms. The van der Waals surface area contributed by atoms with E-state index in [0.717, 1.165) is 10.9 Å². The second kappa shape index (κ2) is 5.32. The minimum atomic E-state index is -1.01. The third kappa shape index (κ3) is 2.95. The second-order valence-electron chi connectivity index (χ2n) is 3.17. The van der Waals surface area contributed by atoms with Crippen LogP contribution in [0.25, 0.3) is 0 Å². The van der Waals surface area contributed by atoms with Gasteiger partial charge in [-0.2, -0.15) is 4.57 Å². The molecule has 1 N–H and O–H groups in total. The van der Waals surface area contributed by atoms with E-state index in [1.54, 1.807) is 0 Å². The first-order chi connectivity index (χ1) is 7.97. The number of nitrogens with zero attached hydrogens (tertiary/aromatic N) is 4. The van der Waals surface area contributed by atoms with Crippen LogP contribution in [-0.2, 0) is 11.3 Å². The highest BCUT2D eigenvalue weighted by Gasteiger charge is 2.32. The Bertz CT molecular complexity index is 430. The molecule has 0 spiro atoms. The minimum absolute atomic E-state index is 0.0386. The molecule has 10 nitrogen and oxygen atoms in total. The molecule has 0 radical (unpaired) electrons. The lowest BCUT2D eigenvalue weighted by atomic mass is 10.4. The number of imidazole rings is 1.